The van der Waals surface area contributed by atoms with Gasteiger partial charge in [-0.15, -0.1) is 0 Å². The number of aromatic nitrogens is 1. The quantitative estimate of drug-likeness (QED) is 0.193. The van der Waals surface area contributed by atoms with Gasteiger partial charge in [0.25, 0.3) is 5.56 Å². The molecule has 0 aliphatic carbocycles. The first kappa shape index (κ1) is 29.0. The molecule has 0 fully saturated rings. The van der Waals surface area contributed by atoms with E-state index in [1.54, 1.807) is 43.7 Å². The van der Waals surface area contributed by atoms with E-state index in [-0.39, 0.29) is 19.0 Å². The third-order valence-corrected chi connectivity index (χ3v) is 8.79. The average molecular weight is 711 g/mol. The van der Waals surface area contributed by atoms with Crippen molar-refractivity contribution in [3.05, 3.63) is 112 Å². The second-order valence-electron chi connectivity index (χ2n) is 9.72. The first-order valence-corrected chi connectivity index (χ1v) is 15.4. The number of methoxy groups -OCH3 is 1. The monoisotopic (exact) mass is 710 g/mol. The van der Waals surface area contributed by atoms with Gasteiger partial charge in [0.15, 0.2) is 27.8 Å². The lowest BCUT2D eigenvalue weighted by Gasteiger charge is -2.24. The molecule has 2 aliphatic rings. The Bertz CT molecular complexity index is 1930. The first-order valence-electron chi connectivity index (χ1n) is 13.5. The number of hydrogen-bond donors (Lipinski definition) is 0. The van der Waals surface area contributed by atoms with Crippen molar-refractivity contribution in [1.82, 2.24) is 4.57 Å². The van der Waals surface area contributed by atoms with Gasteiger partial charge in [0, 0.05) is 0 Å². The highest BCUT2D eigenvalue weighted by molar-refractivity contribution is 14.1. The molecule has 1 atom stereocenters. The summed E-state index contributed by atoms with van der Waals surface area (Å²) in [5, 5.41) is 0. The molecule has 0 amide bonds. The Balaban J connectivity index is 1.43. The van der Waals surface area contributed by atoms with Crippen LogP contribution in [0.25, 0.3) is 6.08 Å². The SMILES string of the molecule is CCOC(=O)C1=C(C)N=c2sc(=Cc3cc(I)c(OCc4ccccc4)c(OC)c3)c(=O)n2C1c1ccc2c(c1)OCO2. The molecule has 0 saturated carbocycles. The maximum Gasteiger partial charge on any atom is 0.338 e. The zero-order chi connectivity index (χ0) is 30.1. The normalized spacial score (nSPS) is 15.6. The van der Waals surface area contributed by atoms with Crippen LogP contribution in [0.3, 0.4) is 0 Å². The first-order chi connectivity index (χ1) is 20.9. The van der Waals surface area contributed by atoms with Crippen LogP contribution in [-0.2, 0) is 16.1 Å². The van der Waals surface area contributed by atoms with E-state index in [1.165, 1.54) is 11.3 Å². The van der Waals surface area contributed by atoms with Crippen molar-refractivity contribution < 1.29 is 28.5 Å². The number of allylic oxidation sites excluding steroid dienone is 1. The summed E-state index contributed by atoms with van der Waals surface area (Å²) in [6.45, 7) is 4.20. The van der Waals surface area contributed by atoms with Gasteiger partial charge >= 0.3 is 5.97 Å². The van der Waals surface area contributed by atoms with Gasteiger partial charge in [-0.1, -0.05) is 47.7 Å². The van der Waals surface area contributed by atoms with Crippen LogP contribution in [0.4, 0.5) is 0 Å². The summed E-state index contributed by atoms with van der Waals surface area (Å²) in [6.07, 6.45) is 1.80. The number of halogens is 1. The molecule has 0 spiro atoms. The Kier molecular flexibility index (Phi) is 8.26. The van der Waals surface area contributed by atoms with Crippen molar-refractivity contribution in [3.8, 4) is 23.0 Å². The molecule has 0 radical (unpaired) electrons. The van der Waals surface area contributed by atoms with E-state index < -0.39 is 12.0 Å². The fourth-order valence-corrected chi connectivity index (χ4v) is 6.86. The van der Waals surface area contributed by atoms with Crippen LogP contribution in [0.5, 0.6) is 23.0 Å². The van der Waals surface area contributed by atoms with E-state index in [2.05, 4.69) is 27.6 Å². The van der Waals surface area contributed by atoms with Gasteiger partial charge in [0.1, 0.15) is 6.61 Å². The lowest BCUT2D eigenvalue weighted by atomic mass is 9.95. The standard InChI is InChI=1S/C32H27IN2O7S/c1-4-39-31(37)27-18(2)34-32-35(28(27)21-10-11-23-24(15-21)42-17-41-23)30(36)26(43-32)14-20-12-22(33)29(25(13-20)38-3)40-16-19-8-6-5-7-9-19/h5-15,28H,4,16-17H2,1-3H3. The van der Waals surface area contributed by atoms with Crippen LogP contribution in [0, 0.1) is 3.57 Å². The molecule has 43 heavy (non-hydrogen) atoms. The van der Waals surface area contributed by atoms with E-state index in [0.717, 1.165) is 14.7 Å². The highest BCUT2D eigenvalue weighted by Gasteiger charge is 2.34. The Morgan fingerprint density at radius 2 is 1.93 bits per heavy atom. The van der Waals surface area contributed by atoms with Gasteiger partial charge in [0.2, 0.25) is 6.79 Å². The molecule has 9 nitrogen and oxygen atoms in total. The molecular formula is C32H27IN2O7S. The zero-order valence-corrected chi connectivity index (χ0v) is 26.6. The number of hydrogen-bond acceptors (Lipinski definition) is 9. The molecule has 1 aromatic heterocycles. The van der Waals surface area contributed by atoms with Crippen molar-refractivity contribution in [2.45, 2.75) is 26.5 Å². The van der Waals surface area contributed by atoms with Crippen LogP contribution < -0.4 is 33.8 Å². The minimum Gasteiger partial charge on any atom is -0.493 e. The zero-order valence-electron chi connectivity index (χ0n) is 23.6. The number of carbonyl (C=O) groups is 1. The second-order valence-corrected chi connectivity index (χ2v) is 11.9. The molecule has 6 rings (SSSR count). The van der Waals surface area contributed by atoms with Crippen molar-refractivity contribution in [3.63, 3.8) is 0 Å². The van der Waals surface area contributed by atoms with Gasteiger partial charge in [-0.2, -0.15) is 0 Å². The smallest absolute Gasteiger partial charge is 0.338 e. The van der Waals surface area contributed by atoms with Gasteiger partial charge in [-0.25, -0.2) is 9.79 Å². The highest BCUT2D eigenvalue weighted by Crippen LogP contribution is 2.38. The number of nitrogens with zero attached hydrogens (tertiary/aromatic N) is 2. The van der Waals surface area contributed by atoms with Crippen LogP contribution in [0.15, 0.2) is 81.7 Å². The summed E-state index contributed by atoms with van der Waals surface area (Å²) in [7, 11) is 1.59. The van der Waals surface area contributed by atoms with Crippen molar-refractivity contribution >= 4 is 46.0 Å². The van der Waals surface area contributed by atoms with Gasteiger partial charge in [-0.05, 0) is 83.5 Å². The van der Waals surface area contributed by atoms with E-state index in [1.807, 2.05) is 48.5 Å². The molecule has 1 unspecified atom stereocenters. The minimum atomic E-state index is -0.754. The van der Waals surface area contributed by atoms with E-state index >= 15 is 0 Å². The number of carbonyl (C=O) groups excluding carboxylic acids is 1. The Morgan fingerprint density at radius 1 is 1.14 bits per heavy atom. The number of esters is 1. The lowest BCUT2D eigenvalue weighted by molar-refractivity contribution is -0.139. The summed E-state index contributed by atoms with van der Waals surface area (Å²) >= 11 is 3.46. The van der Waals surface area contributed by atoms with E-state index in [4.69, 9.17) is 23.7 Å². The maximum atomic E-state index is 14.0. The molecule has 0 saturated heterocycles. The third-order valence-electron chi connectivity index (χ3n) is 7.00. The summed E-state index contributed by atoms with van der Waals surface area (Å²) in [5.41, 5.74) is 3.00. The largest absolute Gasteiger partial charge is 0.493 e. The predicted octanol–water partition coefficient (Wildman–Crippen LogP) is 4.72. The third kappa shape index (κ3) is 5.66. The molecule has 2 aliphatic heterocycles. The summed E-state index contributed by atoms with van der Waals surface area (Å²) < 4.78 is 31.1. The van der Waals surface area contributed by atoms with Crippen molar-refractivity contribution in [2.24, 2.45) is 4.99 Å². The van der Waals surface area contributed by atoms with E-state index in [0.29, 0.717) is 55.8 Å². The highest BCUT2D eigenvalue weighted by atomic mass is 127. The summed E-state index contributed by atoms with van der Waals surface area (Å²) in [6, 6.07) is 18.3. The van der Waals surface area contributed by atoms with Gasteiger partial charge < -0.3 is 23.7 Å². The van der Waals surface area contributed by atoms with Gasteiger partial charge in [0.05, 0.1) is 39.1 Å². The van der Waals surface area contributed by atoms with Crippen LogP contribution in [-0.4, -0.2) is 31.0 Å². The molecule has 4 aromatic rings. The average Bonchev–Trinajstić information content (AvgIpc) is 3.59. The summed E-state index contributed by atoms with van der Waals surface area (Å²) in [5.74, 6) is 1.82. The van der Waals surface area contributed by atoms with Gasteiger partial charge in [-0.3, -0.25) is 9.36 Å². The Labute approximate surface area is 264 Å². The van der Waals surface area contributed by atoms with Crippen LogP contribution in [0.1, 0.15) is 36.6 Å². The summed E-state index contributed by atoms with van der Waals surface area (Å²) in [4.78, 5) is 32.4. The molecule has 0 N–H and O–H groups in total. The molecule has 0 bridgehead atoms. The minimum absolute atomic E-state index is 0.111. The lowest BCUT2D eigenvalue weighted by Crippen LogP contribution is -2.39. The molecule has 3 heterocycles. The maximum absolute atomic E-state index is 14.0. The number of ether oxygens (including phenoxy) is 5. The van der Waals surface area contributed by atoms with Crippen LogP contribution in [0.2, 0.25) is 0 Å². The Morgan fingerprint density at radius 3 is 2.70 bits per heavy atom. The predicted molar refractivity (Wildman–Crippen MR) is 169 cm³/mol. The topological polar surface area (TPSA) is 97.6 Å². The molecule has 220 valence electrons. The molecule has 3 aromatic carbocycles. The number of thiazole rings is 1. The fourth-order valence-electron chi connectivity index (χ4n) is 5.03. The second kappa shape index (κ2) is 12.3. The fraction of sp³-hybridized carbons (Fsp3) is 0.219. The van der Waals surface area contributed by atoms with Crippen LogP contribution >= 0.6 is 33.9 Å². The molecule has 11 heteroatoms. The molecular weight excluding hydrogens is 683 g/mol. The number of fused-ring (bicyclic) bond motifs is 2. The number of rotatable bonds is 8. The Hall–Kier alpha value is -4.10. The van der Waals surface area contributed by atoms with E-state index in [9.17, 15) is 9.59 Å². The van der Waals surface area contributed by atoms with Crippen molar-refractivity contribution in [1.29, 1.82) is 0 Å². The number of benzene rings is 3. The van der Waals surface area contributed by atoms with Crippen molar-refractivity contribution in [2.75, 3.05) is 20.5 Å².